The molecule has 0 radical (unpaired) electrons. The first-order valence-corrected chi connectivity index (χ1v) is 7.61. The Labute approximate surface area is 127 Å². The number of nitro groups is 1. The van der Waals surface area contributed by atoms with Crippen molar-refractivity contribution in [1.82, 2.24) is 9.97 Å². The lowest BCUT2D eigenvalue weighted by atomic mass is 10.2. The Balaban J connectivity index is 2.20. The molecule has 1 N–H and O–H groups in total. The van der Waals surface area contributed by atoms with E-state index in [1.54, 1.807) is 0 Å². The lowest BCUT2D eigenvalue weighted by molar-refractivity contribution is -0.387. The number of hydrogen-bond donors (Lipinski definition) is 1. The maximum absolute atomic E-state index is 11.3. The van der Waals surface area contributed by atoms with E-state index in [-0.39, 0.29) is 11.5 Å². The molecule has 0 amide bonds. The molecule has 1 heterocycles. The summed E-state index contributed by atoms with van der Waals surface area (Å²) in [7, 11) is 0. The molecule has 2 aromatic rings. The maximum atomic E-state index is 11.3. The van der Waals surface area contributed by atoms with E-state index in [1.807, 2.05) is 37.3 Å². The van der Waals surface area contributed by atoms with Gasteiger partial charge in [-0.1, -0.05) is 49.0 Å². The topological polar surface area (TPSA) is 81.0 Å². The van der Waals surface area contributed by atoms with Crippen molar-refractivity contribution in [1.29, 1.82) is 0 Å². The Hall–Kier alpha value is -2.15. The van der Waals surface area contributed by atoms with E-state index in [0.29, 0.717) is 17.3 Å². The fraction of sp³-hybridized carbons (Fsp3) is 0.286. The first-order chi connectivity index (χ1) is 10.2. The molecular formula is C14H16N4O2S. The van der Waals surface area contributed by atoms with E-state index in [9.17, 15) is 10.1 Å². The molecule has 0 aliphatic rings. The molecule has 110 valence electrons. The molecule has 6 nitrogen and oxygen atoms in total. The van der Waals surface area contributed by atoms with Crippen LogP contribution in [0.2, 0.25) is 0 Å². The third-order valence-corrected chi connectivity index (χ3v) is 3.78. The number of nitrogens with one attached hydrogen (secondary N) is 1. The summed E-state index contributed by atoms with van der Waals surface area (Å²) in [6, 6.07) is 9.79. The van der Waals surface area contributed by atoms with Crippen LogP contribution in [0.1, 0.15) is 18.9 Å². The van der Waals surface area contributed by atoms with Crippen LogP contribution in [0.25, 0.3) is 0 Å². The van der Waals surface area contributed by atoms with Gasteiger partial charge in [0.1, 0.15) is 6.33 Å². The second-order valence-corrected chi connectivity index (χ2v) is 5.30. The average molecular weight is 304 g/mol. The summed E-state index contributed by atoms with van der Waals surface area (Å²) in [5, 5.41) is 14.7. The van der Waals surface area contributed by atoms with Crippen LogP contribution in [0.3, 0.4) is 0 Å². The molecule has 0 saturated carbocycles. The molecule has 0 spiro atoms. The first kappa shape index (κ1) is 15.2. The Morgan fingerprint density at radius 3 is 2.71 bits per heavy atom. The number of rotatable bonds is 7. The van der Waals surface area contributed by atoms with Crippen molar-refractivity contribution in [2.45, 2.75) is 24.1 Å². The highest BCUT2D eigenvalue weighted by molar-refractivity contribution is 7.98. The largest absolute Gasteiger partial charge is 0.364 e. The van der Waals surface area contributed by atoms with Crippen LogP contribution in [-0.2, 0) is 5.75 Å². The van der Waals surface area contributed by atoms with E-state index in [2.05, 4.69) is 15.3 Å². The Kier molecular flexibility index (Phi) is 5.51. The molecule has 7 heteroatoms. The quantitative estimate of drug-likeness (QED) is 0.365. The predicted octanol–water partition coefficient (Wildman–Crippen LogP) is 3.50. The lowest BCUT2D eigenvalue weighted by Crippen LogP contribution is -2.07. The van der Waals surface area contributed by atoms with Gasteiger partial charge in [-0.2, -0.15) is 0 Å². The van der Waals surface area contributed by atoms with Gasteiger partial charge >= 0.3 is 5.69 Å². The van der Waals surface area contributed by atoms with Gasteiger partial charge in [-0.3, -0.25) is 10.1 Å². The molecule has 2 rings (SSSR count). The molecule has 0 aliphatic heterocycles. The number of aromatic nitrogens is 2. The molecule has 0 bridgehead atoms. The van der Waals surface area contributed by atoms with E-state index in [0.717, 1.165) is 12.0 Å². The van der Waals surface area contributed by atoms with Crippen LogP contribution in [0.4, 0.5) is 11.5 Å². The molecule has 21 heavy (non-hydrogen) atoms. The minimum atomic E-state index is -0.425. The van der Waals surface area contributed by atoms with Crippen molar-refractivity contribution in [2.24, 2.45) is 0 Å². The molecule has 0 saturated heterocycles. The minimum absolute atomic E-state index is 0.0492. The van der Waals surface area contributed by atoms with Gasteiger partial charge in [0.25, 0.3) is 0 Å². The lowest BCUT2D eigenvalue weighted by Gasteiger charge is -2.07. The van der Waals surface area contributed by atoms with E-state index >= 15 is 0 Å². The van der Waals surface area contributed by atoms with Crippen LogP contribution >= 0.6 is 11.8 Å². The highest BCUT2D eigenvalue weighted by Gasteiger charge is 2.22. The number of thioether (sulfide) groups is 1. The van der Waals surface area contributed by atoms with Gasteiger partial charge in [0.05, 0.1) is 4.92 Å². The zero-order valence-electron chi connectivity index (χ0n) is 11.7. The number of anilines is 1. The predicted molar refractivity (Wildman–Crippen MR) is 83.5 cm³/mol. The summed E-state index contributed by atoms with van der Waals surface area (Å²) < 4.78 is 0. The maximum Gasteiger partial charge on any atom is 0.343 e. The fourth-order valence-corrected chi connectivity index (χ4v) is 2.66. The third kappa shape index (κ3) is 4.16. The minimum Gasteiger partial charge on any atom is -0.364 e. The van der Waals surface area contributed by atoms with Crippen LogP contribution in [0.15, 0.2) is 41.7 Å². The molecular weight excluding hydrogens is 288 g/mol. The van der Waals surface area contributed by atoms with E-state index < -0.39 is 4.92 Å². The summed E-state index contributed by atoms with van der Waals surface area (Å²) in [6.07, 6.45) is 2.23. The monoisotopic (exact) mass is 304 g/mol. The fourth-order valence-electron chi connectivity index (χ4n) is 1.73. The van der Waals surface area contributed by atoms with Crippen LogP contribution in [-0.4, -0.2) is 21.4 Å². The molecule has 0 atom stereocenters. The van der Waals surface area contributed by atoms with Crippen molar-refractivity contribution in [3.8, 4) is 0 Å². The van der Waals surface area contributed by atoms with Crippen LogP contribution in [0, 0.1) is 10.1 Å². The SMILES string of the molecule is CCCNc1ncnc(SCc2ccccc2)c1[N+](=O)[O-]. The van der Waals surface area contributed by atoms with Crippen LogP contribution < -0.4 is 5.32 Å². The molecule has 1 aromatic carbocycles. The van der Waals surface area contributed by atoms with E-state index in [4.69, 9.17) is 0 Å². The van der Waals surface area contributed by atoms with Crippen molar-refractivity contribution in [3.63, 3.8) is 0 Å². The van der Waals surface area contributed by atoms with Crippen molar-refractivity contribution < 1.29 is 4.92 Å². The van der Waals surface area contributed by atoms with Gasteiger partial charge in [-0.25, -0.2) is 9.97 Å². The van der Waals surface area contributed by atoms with Crippen molar-refractivity contribution in [3.05, 3.63) is 52.3 Å². The van der Waals surface area contributed by atoms with Gasteiger partial charge < -0.3 is 5.32 Å². The highest BCUT2D eigenvalue weighted by atomic mass is 32.2. The van der Waals surface area contributed by atoms with Crippen molar-refractivity contribution in [2.75, 3.05) is 11.9 Å². The second-order valence-electron chi connectivity index (χ2n) is 4.33. The van der Waals surface area contributed by atoms with Gasteiger partial charge in [-0.15, -0.1) is 0 Å². The Morgan fingerprint density at radius 2 is 2.05 bits per heavy atom. The van der Waals surface area contributed by atoms with Crippen LogP contribution in [0.5, 0.6) is 0 Å². The van der Waals surface area contributed by atoms with Gasteiger partial charge in [0.2, 0.25) is 5.82 Å². The molecule has 0 aliphatic carbocycles. The smallest absolute Gasteiger partial charge is 0.343 e. The summed E-state index contributed by atoms with van der Waals surface area (Å²) in [5.74, 6) is 0.916. The van der Waals surface area contributed by atoms with Crippen molar-refractivity contribution >= 4 is 23.3 Å². The Bertz CT molecular complexity index is 607. The highest BCUT2D eigenvalue weighted by Crippen LogP contribution is 2.33. The summed E-state index contributed by atoms with van der Waals surface area (Å²) in [4.78, 5) is 18.9. The number of nitrogens with zero attached hydrogens (tertiary/aromatic N) is 3. The zero-order chi connectivity index (χ0) is 15.1. The first-order valence-electron chi connectivity index (χ1n) is 6.62. The molecule has 0 fully saturated rings. The standard InChI is InChI=1S/C14H16N4O2S/c1-2-8-15-13-12(18(19)20)14(17-10-16-13)21-9-11-6-4-3-5-7-11/h3-7,10H,2,8-9H2,1H3,(H,15,16,17). The Morgan fingerprint density at radius 1 is 1.29 bits per heavy atom. The summed E-state index contributed by atoms with van der Waals surface area (Å²) in [5.41, 5.74) is 1.05. The summed E-state index contributed by atoms with van der Waals surface area (Å²) in [6.45, 7) is 2.63. The summed E-state index contributed by atoms with van der Waals surface area (Å²) >= 11 is 1.34. The zero-order valence-corrected chi connectivity index (χ0v) is 12.5. The average Bonchev–Trinajstić information content (AvgIpc) is 2.51. The second kappa shape index (κ2) is 7.58. The number of hydrogen-bond acceptors (Lipinski definition) is 6. The number of benzene rings is 1. The van der Waals surface area contributed by atoms with E-state index in [1.165, 1.54) is 18.1 Å². The van der Waals surface area contributed by atoms with Gasteiger partial charge in [0, 0.05) is 12.3 Å². The normalized spacial score (nSPS) is 10.3. The van der Waals surface area contributed by atoms with Gasteiger partial charge in [-0.05, 0) is 12.0 Å². The third-order valence-electron chi connectivity index (χ3n) is 2.73. The molecule has 1 aromatic heterocycles. The van der Waals surface area contributed by atoms with Gasteiger partial charge in [0.15, 0.2) is 5.03 Å². The molecule has 0 unspecified atom stereocenters.